The highest BCUT2D eigenvalue weighted by molar-refractivity contribution is 5.95. The number of piperidine rings is 1. The first kappa shape index (κ1) is 12.1. The monoisotopic (exact) mass is 236 g/mol. The van der Waals surface area contributed by atoms with E-state index in [9.17, 15) is 4.79 Å². The van der Waals surface area contributed by atoms with Crippen LogP contribution in [0.5, 0.6) is 0 Å². The third kappa shape index (κ3) is 2.20. The van der Waals surface area contributed by atoms with Gasteiger partial charge < -0.3 is 10.6 Å². The van der Waals surface area contributed by atoms with E-state index in [-0.39, 0.29) is 18.0 Å². The normalized spacial score (nSPS) is 25.0. The van der Waals surface area contributed by atoms with Crippen LogP contribution in [0, 0.1) is 6.92 Å². The van der Waals surface area contributed by atoms with Gasteiger partial charge >= 0.3 is 0 Å². The van der Waals surface area contributed by atoms with Crippen LogP contribution in [0.2, 0.25) is 0 Å². The fourth-order valence-electron chi connectivity index (χ4n) is 2.59. The van der Waals surface area contributed by atoms with Crippen LogP contribution in [0.25, 0.3) is 0 Å². The van der Waals surface area contributed by atoms with Crippen molar-refractivity contribution in [2.45, 2.75) is 45.2 Å². The second kappa shape index (κ2) is 4.87. The van der Waals surface area contributed by atoms with E-state index < -0.39 is 0 Å². The molecule has 1 fully saturated rings. The number of amides is 1. The first-order valence-corrected chi connectivity index (χ1v) is 6.17. The number of hydrogen-bond donors (Lipinski definition) is 2. The van der Waals surface area contributed by atoms with Gasteiger partial charge in [0.15, 0.2) is 0 Å². The molecule has 1 aromatic rings. The first-order valence-electron chi connectivity index (χ1n) is 6.17. The molecule has 3 N–H and O–H groups in total. The van der Waals surface area contributed by atoms with Gasteiger partial charge in [-0.15, -0.1) is 0 Å². The number of carbonyl (C=O) groups is 1. The van der Waals surface area contributed by atoms with Gasteiger partial charge in [-0.25, -0.2) is 0 Å². The topological polar surface area (TPSA) is 75.0 Å². The number of aryl methyl sites for hydroxylation is 1. The van der Waals surface area contributed by atoms with Gasteiger partial charge in [-0.05, 0) is 33.1 Å². The van der Waals surface area contributed by atoms with Gasteiger partial charge in [0, 0.05) is 24.3 Å². The van der Waals surface area contributed by atoms with Gasteiger partial charge in [0.2, 0.25) is 0 Å². The van der Waals surface area contributed by atoms with Crippen molar-refractivity contribution in [3.63, 3.8) is 0 Å². The lowest BCUT2D eigenvalue weighted by Crippen LogP contribution is -2.51. The van der Waals surface area contributed by atoms with E-state index in [0.717, 1.165) is 25.0 Å². The summed E-state index contributed by atoms with van der Waals surface area (Å²) in [7, 11) is 0. The fourth-order valence-corrected chi connectivity index (χ4v) is 2.59. The summed E-state index contributed by atoms with van der Waals surface area (Å²) in [6, 6.07) is 0.430. The summed E-state index contributed by atoms with van der Waals surface area (Å²) in [5.74, 6) is 0.0545. The molecule has 0 saturated carbocycles. The molecule has 17 heavy (non-hydrogen) atoms. The first-order chi connectivity index (χ1) is 8.15. The number of nitrogens with two attached hydrogens (primary N) is 1. The van der Waals surface area contributed by atoms with Crippen LogP contribution in [0.15, 0.2) is 6.20 Å². The summed E-state index contributed by atoms with van der Waals surface area (Å²) in [4.78, 5) is 14.4. The van der Waals surface area contributed by atoms with Crippen molar-refractivity contribution in [2.24, 2.45) is 5.73 Å². The lowest BCUT2D eigenvalue weighted by Gasteiger charge is -2.40. The molecule has 2 heterocycles. The molecule has 0 radical (unpaired) electrons. The molecule has 0 aromatic carbocycles. The molecular formula is C12H20N4O. The van der Waals surface area contributed by atoms with Crippen LogP contribution in [0.4, 0.5) is 0 Å². The number of aromatic nitrogens is 2. The van der Waals surface area contributed by atoms with Gasteiger partial charge in [0.05, 0.1) is 11.8 Å². The molecule has 0 bridgehead atoms. The van der Waals surface area contributed by atoms with Crippen molar-refractivity contribution in [1.29, 1.82) is 0 Å². The number of nitrogens with zero attached hydrogens (tertiary/aromatic N) is 2. The third-order valence-corrected chi connectivity index (χ3v) is 3.59. The Labute approximate surface area is 101 Å². The SMILES string of the molecule is Cc1[nH]ncc1C(=O)N1C(C)CCCC1CN. The van der Waals surface area contributed by atoms with Crippen LogP contribution in [0.1, 0.15) is 42.2 Å². The van der Waals surface area contributed by atoms with E-state index in [2.05, 4.69) is 17.1 Å². The van der Waals surface area contributed by atoms with Crippen LogP contribution in [-0.4, -0.2) is 39.6 Å². The number of hydrogen-bond acceptors (Lipinski definition) is 3. The van der Waals surface area contributed by atoms with E-state index in [4.69, 9.17) is 5.73 Å². The molecule has 5 nitrogen and oxygen atoms in total. The van der Waals surface area contributed by atoms with Crippen molar-refractivity contribution in [2.75, 3.05) is 6.54 Å². The summed E-state index contributed by atoms with van der Waals surface area (Å²) < 4.78 is 0. The van der Waals surface area contributed by atoms with Crippen molar-refractivity contribution >= 4 is 5.91 Å². The lowest BCUT2D eigenvalue weighted by atomic mass is 9.95. The van der Waals surface area contributed by atoms with E-state index in [1.165, 1.54) is 0 Å². The molecule has 0 spiro atoms. The van der Waals surface area contributed by atoms with E-state index in [1.54, 1.807) is 6.20 Å². The van der Waals surface area contributed by atoms with Crippen LogP contribution < -0.4 is 5.73 Å². The highest BCUT2D eigenvalue weighted by Gasteiger charge is 2.32. The Morgan fingerprint density at radius 2 is 2.41 bits per heavy atom. The van der Waals surface area contributed by atoms with Crippen molar-refractivity contribution < 1.29 is 4.79 Å². The molecule has 1 aromatic heterocycles. The smallest absolute Gasteiger partial charge is 0.257 e. The summed E-state index contributed by atoms with van der Waals surface area (Å²) in [5.41, 5.74) is 7.25. The minimum absolute atomic E-state index is 0.0545. The van der Waals surface area contributed by atoms with E-state index >= 15 is 0 Å². The molecule has 2 unspecified atom stereocenters. The Morgan fingerprint density at radius 1 is 1.65 bits per heavy atom. The summed E-state index contributed by atoms with van der Waals surface area (Å²) in [5, 5.41) is 6.72. The van der Waals surface area contributed by atoms with Crippen molar-refractivity contribution in [3.8, 4) is 0 Å². The number of aromatic amines is 1. The highest BCUT2D eigenvalue weighted by atomic mass is 16.2. The molecule has 5 heteroatoms. The molecule has 1 saturated heterocycles. The average molecular weight is 236 g/mol. The van der Waals surface area contributed by atoms with Crippen LogP contribution in [0.3, 0.4) is 0 Å². The predicted octanol–water partition coefficient (Wildman–Crippen LogP) is 1.06. The van der Waals surface area contributed by atoms with Gasteiger partial charge in [-0.1, -0.05) is 0 Å². The Bertz CT molecular complexity index is 401. The molecule has 2 rings (SSSR count). The van der Waals surface area contributed by atoms with Gasteiger partial charge in [-0.2, -0.15) is 5.10 Å². The molecule has 1 aliphatic rings. The van der Waals surface area contributed by atoms with Gasteiger partial charge in [-0.3, -0.25) is 9.89 Å². The Kier molecular flexibility index (Phi) is 3.47. The highest BCUT2D eigenvalue weighted by Crippen LogP contribution is 2.24. The van der Waals surface area contributed by atoms with Gasteiger partial charge in [0.25, 0.3) is 5.91 Å². The zero-order chi connectivity index (χ0) is 12.4. The minimum Gasteiger partial charge on any atom is -0.332 e. The number of likely N-dealkylation sites (tertiary alicyclic amines) is 1. The summed E-state index contributed by atoms with van der Waals surface area (Å²) in [6.45, 7) is 4.49. The maximum atomic E-state index is 12.5. The minimum atomic E-state index is 0.0545. The van der Waals surface area contributed by atoms with Crippen LogP contribution in [-0.2, 0) is 0 Å². The lowest BCUT2D eigenvalue weighted by molar-refractivity contribution is 0.0493. The fraction of sp³-hybridized carbons (Fsp3) is 0.667. The number of H-pyrrole nitrogens is 1. The molecule has 1 aliphatic heterocycles. The van der Waals surface area contributed by atoms with Crippen molar-refractivity contribution in [3.05, 3.63) is 17.5 Å². The van der Waals surface area contributed by atoms with Crippen LogP contribution >= 0.6 is 0 Å². The van der Waals surface area contributed by atoms with Gasteiger partial charge in [0.1, 0.15) is 0 Å². The molecule has 1 amide bonds. The zero-order valence-electron chi connectivity index (χ0n) is 10.4. The standard InChI is InChI=1S/C12H20N4O/c1-8-4-3-5-10(6-13)16(8)12(17)11-7-14-15-9(11)2/h7-8,10H,3-6,13H2,1-2H3,(H,14,15). The van der Waals surface area contributed by atoms with Crippen molar-refractivity contribution in [1.82, 2.24) is 15.1 Å². The Morgan fingerprint density at radius 3 is 3.00 bits per heavy atom. The number of rotatable bonds is 2. The average Bonchev–Trinajstić information content (AvgIpc) is 2.74. The maximum absolute atomic E-state index is 12.5. The molecule has 0 aliphatic carbocycles. The molecule has 2 atom stereocenters. The molecule has 94 valence electrons. The zero-order valence-corrected chi connectivity index (χ0v) is 10.4. The third-order valence-electron chi connectivity index (χ3n) is 3.59. The number of nitrogens with one attached hydrogen (secondary N) is 1. The molecular weight excluding hydrogens is 216 g/mol. The second-order valence-corrected chi connectivity index (χ2v) is 4.79. The maximum Gasteiger partial charge on any atom is 0.257 e. The summed E-state index contributed by atoms with van der Waals surface area (Å²) in [6.07, 6.45) is 4.81. The largest absolute Gasteiger partial charge is 0.332 e. The number of carbonyl (C=O) groups excluding carboxylic acids is 1. The Balaban J connectivity index is 2.24. The second-order valence-electron chi connectivity index (χ2n) is 4.79. The summed E-state index contributed by atoms with van der Waals surface area (Å²) >= 11 is 0. The van der Waals surface area contributed by atoms with E-state index in [1.807, 2.05) is 11.8 Å². The van der Waals surface area contributed by atoms with E-state index in [0.29, 0.717) is 12.1 Å². The predicted molar refractivity (Wildman–Crippen MR) is 65.6 cm³/mol. The quantitative estimate of drug-likeness (QED) is 0.806. The Hall–Kier alpha value is -1.36.